The lowest BCUT2D eigenvalue weighted by atomic mass is 9.84. The molecule has 6 heteroatoms. The predicted molar refractivity (Wildman–Crippen MR) is 86.8 cm³/mol. The summed E-state index contributed by atoms with van der Waals surface area (Å²) in [5.41, 5.74) is 7.30. The van der Waals surface area contributed by atoms with Gasteiger partial charge in [0.05, 0.1) is 16.3 Å². The van der Waals surface area contributed by atoms with Gasteiger partial charge in [-0.15, -0.1) is 0 Å². The standard InChI is InChI=1S/C15H25N3O2S/c1-3-11-5-4-6-12(9-11)18-15-8-7-13(10-14(15)16)21(19,20)17-2/h7-8,10-12,17-18H,3-6,9,16H2,1-2H3. The van der Waals surface area contributed by atoms with Crippen LogP contribution < -0.4 is 15.8 Å². The minimum atomic E-state index is -3.44. The largest absolute Gasteiger partial charge is 0.397 e. The molecule has 1 fully saturated rings. The first-order chi connectivity index (χ1) is 9.96. The number of hydrogen-bond donors (Lipinski definition) is 3. The van der Waals surface area contributed by atoms with Crippen molar-refractivity contribution in [2.75, 3.05) is 18.1 Å². The van der Waals surface area contributed by atoms with Gasteiger partial charge in [0.1, 0.15) is 0 Å². The average molecular weight is 311 g/mol. The van der Waals surface area contributed by atoms with Crippen molar-refractivity contribution >= 4 is 21.4 Å². The Morgan fingerprint density at radius 1 is 1.33 bits per heavy atom. The second-order valence-corrected chi connectivity index (χ2v) is 7.63. The van der Waals surface area contributed by atoms with Gasteiger partial charge >= 0.3 is 0 Å². The molecule has 0 bridgehead atoms. The van der Waals surface area contributed by atoms with Gasteiger partial charge in [-0.05, 0) is 44.0 Å². The molecule has 0 spiro atoms. The summed E-state index contributed by atoms with van der Waals surface area (Å²) in [7, 11) is -2.05. The fourth-order valence-corrected chi connectivity index (χ4v) is 3.74. The number of nitrogens with one attached hydrogen (secondary N) is 2. The minimum Gasteiger partial charge on any atom is -0.397 e. The molecule has 4 N–H and O–H groups in total. The highest BCUT2D eigenvalue weighted by Crippen LogP contribution is 2.30. The zero-order chi connectivity index (χ0) is 15.5. The summed E-state index contributed by atoms with van der Waals surface area (Å²) in [6.07, 6.45) is 6.07. The van der Waals surface area contributed by atoms with Gasteiger partial charge in [-0.1, -0.05) is 26.2 Å². The van der Waals surface area contributed by atoms with E-state index in [4.69, 9.17) is 5.73 Å². The number of benzene rings is 1. The lowest BCUT2D eigenvalue weighted by Crippen LogP contribution is -2.27. The van der Waals surface area contributed by atoms with Gasteiger partial charge in [0.2, 0.25) is 10.0 Å². The van der Waals surface area contributed by atoms with Crippen molar-refractivity contribution in [2.45, 2.75) is 50.0 Å². The van der Waals surface area contributed by atoms with Crippen LogP contribution in [0.2, 0.25) is 0 Å². The summed E-state index contributed by atoms with van der Waals surface area (Å²) in [4.78, 5) is 0.197. The molecule has 0 amide bonds. The fourth-order valence-electron chi connectivity index (χ4n) is 2.97. The molecule has 1 aliphatic rings. The van der Waals surface area contributed by atoms with Crippen molar-refractivity contribution in [1.82, 2.24) is 4.72 Å². The van der Waals surface area contributed by atoms with Crippen molar-refractivity contribution in [3.63, 3.8) is 0 Å². The van der Waals surface area contributed by atoms with Crippen molar-refractivity contribution in [2.24, 2.45) is 5.92 Å². The highest BCUT2D eigenvalue weighted by atomic mass is 32.2. The monoisotopic (exact) mass is 311 g/mol. The molecule has 0 heterocycles. The minimum absolute atomic E-state index is 0.197. The second-order valence-electron chi connectivity index (χ2n) is 5.74. The van der Waals surface area contributed by atoms with Crippen molar-refractivity contribution in [3.8, 4) is 0 Å². The van der Waals surface area contributed by atoms with E-state index in [0.717, 1.165) is 24.4 Å². The molecule has 1 aliphatic carbocycles. The molecule has 5 nitrogen and oxygen atoms in total. The molecule has 118 valence electrons. The van der Waals surface area contributed by atoms with E-state index in [2.05, 4.69) is 17.0 Å². The first kappa shape index (κ1) is 16.1. The van der Waals surface area contributed by atoms with Crippen LogP contribution in [0.3, 0.4) is 0 Å². The summed E-state index contributed by atoms with van der Waals surface area (Å²) in [6, 6.07) is 5.28. The molecule has 0 aromatic heterocycles. The number of sulfonamides is 1. The van der Waals surface area contributed by atoms with Gasteiger partial charge < -0.3 is 11.1 Å². The third-order valence-electron chi connectivity index (χ3n) is 4.32. The first-order valence-corrected chi connectivity index (χ1v) is 9.04. The molecule has 0 aliphatic heterocycles. The Balaban J connectivity index is 2.11. The molecule has 2 rings (SSSR count). The smallest absolute Gasteiger partial charge is 0.240 e. The molecular formula is C15H25N3O2S. The summed E-state index contributed by atoms with van der Waals surface area (Å²) in [5, 5.41) is 3.47. The van der Waals surface area contributed by atoms with Crippen LogP contribution in [0.1, 0.15) is 39.0 Å². The number of hydrogen-bond acceptors (Lipinski definition) is 4. The van der Waals surface area contributed by atoms with Crippen molar-refractivity contribution in [1.29, 1.82) is 0 Å². The number of rotatable bonds is 5. The maximum absolute atomic E-state index is 11.7. The van der Waals surface area contributed by atoms with Gasteiger partial charge in [0.25, 0.3) is 0 Å². The summed E-state index contributed by atoms with van der Waals surface area (Å²) in [5.74, 6) is 0.779. The molecule has 0 saturated heterocycles. The fraction of sp³-hybridized carbons (Fsp3) is 0.600. The van der Waals surface area contributed by atoms with Crippen LogP contribution in [0.5, 0.6) is 0 Å². The molecule has 21 heavy (non-hydrogen) atoms. The number of anilines is 2. The predicted octanol–water partition coefficient (Wildman–Crippen LogP) is 2.56. The van der Waals surface area contributed by atoms with Crippen LogP contribution in [0.25, 0.3) is 0 Å². The molecule has 0 radical (unpaired) electrons. The maximum Gasteiger partial charge on any atom is 0.240 e. The molecule has 1 aromatic rings. The quantitative estimate of drug-likeness (QED) is 0.730. The number of nitrogens with two attached hydrogens (primary N) is 1. The normalized spacial score (nSPS) is 23.0. The van der Waals surface area contributed by atoms with Crippen LogP contribution in [0, 0.1) is 5.92 Å². The Morgan fingerprint density at radius 2 is 2.10 bits per heavy atom. The molecular weight excluding hydrogens is 286 g/mol. The second kappa shape index (κ2) is 6.66. The third kappa shape index (κ3) is 3.89. The lowest BCUT2D eigenvalue weighted by Gasteiger charge is -2.30. The van der Waals surface area contributed by atoms with E-state index in [-0.39, 0.29) is 4.90 Å². The van der Waals surface area contributed by atoms with E-state index >= 15 is 0 Å². The topological polar surface area (TPSA) is 84.2 Å². The number of nitrogen functional groups attached to an aromatic ring is 1. The van der Waals surface area contributed by atoms with E-state index < -0.39 is 10.0 Å². The summed E-state index contributed by atoms with van der Waals surface area (Å²) in [6.45, 7) is 2.23. The Hall–Kier alpha value is -1.27. The van der Waals surface area contributed by atoms with E-state index in [1.54, 1.807) is 12.1 Å². The maximum atomic E-state index is 11.7. The van der Waals surface area contributed by atoms with Crippen molar-refractivity contribution < 1.29 is 8.42 Å². The highest BCUT2D eigenvalue weighted by Gasteiger charge is 2.21. The lowest BCUT2D eigenvalue weighted by molar-refractivity contribution is 0.327. The molecule has 1 aromatic carbocycles. The summed E-state index contributed by atoms with van der Waals surface area (Å²) >= 11 is 0. The van der Waals surface area contributed by atoms with Crippen LogP contribution >= 0.6 is 0 Å². The van der Waals surface area contributed by atoms with Gasteiger partial charge in [-0.3, -0.25) is 0 Å². The van der Waals surface area contributed by atoms with Gasteiger partial charge in [0, 0.05) is 6.04 Å². The van der Waals surface area contributed by atoms with Crippen LogP contribution in [-0.2, 0) is 10.0 Å². The van der Waals surface area contributed by atoms with E-state index in [1.165, 1.54) is 32.4 Å². The van der Waals surface area contributed by atoms with Crippen LogP contribution in [0.15, 0.2) is 23.1 Å². The van der Waals surface area contributed by atoms with E-state index in [9.17, 15) is 8.42 Å². The molecule has 1 saturated carbocycles. The van der Waals surface area contributed by atoms with Gasteiger partial charge in [0.15, 0.2) is 0 Å². The van der Waals surface area contributed by atoms with E-state index in [1.807, 2.05) is 0 Å². The zero-order valence-electron chi connectivity index (χ0n) is 12.7. The first-order valence-electron chi connectivity index (χ1n) is 7.56. The average Bonchev–Trinajstić information content (AvgIpc) is 2.49. The van der Waals surface area contributed by atoms with Gasteiger partial charge in [-0.25, -0.2) is 13.1 Å². The Labute approximate surface area is 127 Å². The third-order valence-corrected chi connectivity index (χ3v) is 5.73. The molecule has 2 atom stereocenters. The van der Waals surface area contributed by atoms with Crippen LogP contribution in [-0.4, -0.2) is 21.5 Å². The Morgan fingerprint density at radius 3 is 2.71 bits per heavy atom. The van der Waals surface area contributed by atoms with E-state index in [0.29, 0.717) is 11.7 Å². The van der Waals surface area contributed by atoms with Crippen LogP contribution in [0.4, 0.5) is 11.4 Å². The highest BCUT2D eigenvalue weighted by molar-refractivity contribution is 7.89. The summed E-state index contributed by atoms with van der Waals surface area (Å²) < 4.78 is 25.8. The zero-order valence-corrected chi connectivity index (χ0v) is 13.5. The van der Waals surface area contributed by atoms with Crippen molar-refractivity contribution in [3.05, 3.63) is 18.2 Å². The van der Waals surface area contributed by atoms with Gasteiger partial charge in [-0.2, -0.15) is 0 Å². The Bertz CT molecular complexity index is 587. The molecule has 2 unspecified atom stereocenters. The Kier molecular flexibility index (Phi) is 5.11. The SMILES string of the molecule is CCC1CCCC(Nc2ccc(S(=O)(=O)NC)cc2N)C1.